The summed E-state index contributed by atoms with van der Waals surface area (Å²) >= 11 is 5.70. The summed E-state index contributed by atoms with van der Waals surface area (Å²) in [6.45, 7) is 1.63. The average molecular weight is 575 g/mol. The molecule has 3 atom stereocenters. The first-order chi connectivity index (χ1) is 16.9. The molecule has 0 aliphatic carbocycles. The molecule has 3 unspecified atom stereocenters. The summed E-state index contributed by atoms with van der Waals surface area (Å²) in [5.41, 5.74) is 1.10. The molecule has 1 N–H and O–H groups in total. The first kappa shape index (κ1) is 23.8. The zero-order valence-corrected chi connectivity index (χ0v) is 21.6. The quantitative estimate of drug-likeness (QED) is 0.351. The molecule has 2 aromatic carbocycles. The highest BCUT2D eigenvalue weighted by Crippen LogP contribution is 2.54. The second-order valence-corrected chi connectivity index (χ2v) is 11.0. The maximum absolute atomic E-state index is 13.8. The highest BCUT2D eigenvalue weighted by Gasteiger charge is 2.56. The van der Waals surface area contributed by atoms with E-state index in [1.165, 1.54) is 16.7 Å². The third-order valence-corrected chi connectivity index (χ3v) is 8.69. The van der Waals surface area contributed by atoms with E-state index in [1.807, 2.05) is 6.07 Å². The number of carbonyl (C=O) groups excluding carboxylic acids is 3. The van der Waals surface area contributed by atoms with Crippen molar-refractivity contribution in [3.63, 3.8) is 0 Å². The number of amides is 2. The highest BCUT2D eigenvalue weighted by molar-refractivity contribution is 9.10. The number of halogens is 1. The van der Waals surface area contributed by atoms with Crippen LogP contribution < -0.4 is 14.5 Å². The molecule has 2 aliphatic heterocycles. The number of aromatic amines is 1. The van der Waals surface area contributed by atoms with Crippen LogP contribution in [0.1, 0.15) is 23.3 Å². The number of thiazole rings is 1. The lowest BCUT2D eigenvalue weighted by Gasteiger charge is -2.31. The molecule has 8 nitrogen and oxygen atoms in total. The largest absolute Gasteiger partial charge is 0.482 e. The molecular formula is C24H19BrN2O6S2. The molecule has 3 aromatic rings. The monoisotopic (exact) mass is 574 g/mol. The second-order valence-electron chi connectivity index (χ2n) is 7.87. The van der Waals surface area contributed by atoms with Gasteiger partial charge in [0.15, 0.2) is 6.61 Å². The SMILES string of the molecule is CCOC(=O)COc1ccc(Br)cc1C1c2sc(=O)[nH]c2SC2C(=O)N(c3ccccc3)C(=O)C21. The average Bonchev–Trinajstić information content (AvgIpc) is 3.33. The van der Waals surface area contributed by atoms with E-state index in [-0.39, 0.29) is 29.9 Å². The van der Waals surface area contributed by atoms with Crippen LogP contribution in [0.3, 0.4) is 0 Å². The number of carbonyl (C=O) groups is 3. The number of para-hydroxylation sites is 1. The topological polar surface area (TPSA) is 106 Å². The maximum atomic E-state index is 13.8. The van der Waals surface area contributed by atoms with Gasteiger partial charge in [-0.25, -0.2) is 9.69 Å². The van der Waals surface area contributed by atoms with Crippen molar-refractivity contribution >= 4 is 62.5 Å². The van der Waals surface area contributed by atoms with Crippen LogP contribution in [0.4, 0.5) is 5.69 Å². The maximum Gasteiger partial charge on any atom is 0.344 e. The normalized spacial score (nSPS) is 21.0. The van der Waals surface area contributed by atoms with Crippen LogP contribution in [-0.4, -0.2) is 41.2 Å². The fourth-order valence-corrected chi connectivity index (χ4v) is 7.30. The number of ether oxygens (including phenoxy) is 2. The van der Waals surface area contributed by atoms with Gasteiger partial charge in [0.25, 0.3) is 0 Å². The van der Waals surface area contributed by atoms with Crippen LogP contribution in [0.15, 0.2) is 62.8 Å². The molecule has 0 bridgehead atoms. The van der Waals surface area contributed by atoms with Gasteiger partial charge in [-0.2, -0.15) is 0 Å². The summed E-state index contributed by atoms with van der Waals surface area (Å²) in [5.74, 6) is -2.20. The molecule has 180 valence electrons. The molecular weight excluding hydrogens is 556 g/mol. The molecule has 2 aliphatic rings. The van der Waals surface area contributed by atoms with Crippen molar-refractivity contribution < 1.29 is 23.9 Å². The molecule has 2 amide bonds. The molecule has 5 rings (SSSR count). The lowest BCUT2D eigenvalue weighted by molar-refractivity contribution is -0.145. The third-order valence-electron chi connectivity index (χ3n) is 5.80. The summed E-state index contributed by atoms with van der Waals surface area (Å²) < 4.78 is 11.5. The number of nitrogens with one attached hydrogen (secondary N) is 1. The Hall–Kier alpha value is -2.89. The van der Waals surface area contributed by atoms with Crippen LogP contribution in [-0.2, 0) is 19.1 Å². The first-order valence-corrected chi connectivity index (χ1v) is 13.3. The zero-order valence-electron chi connectivity index (χ0n) is 18.4. The van der Waals surface area contributed by atoms with Gasteiger partial charge in [-0.15, -0.1) is 0 Å². The summed E-state index contributed by atoms with van der Waals surface area (Å²) in [7, 11) is 0. The number of hydrogen-bond acceptors (Lipinski definition) is 8. The van der Waals surface area contributed by atoms with Gasteiger partial charge in [-0.1, -0.05) is 57.2 Å². The molecule has 11 heteroatoms. The van der Waals surface area contributed by atoms with E-state index in [9.17, 15) is 19.2 Å². The summed E-state index contributed by atoms with van der Waals surface area (Å²) in [6.07, 6.45) is 0. The smallest absolute Gasteiger partial charge is 0.344 e. The molecule has 0 spiro atoms. The van der Waals surface area contributed by atoms with Crippen molar-refractivity contribution in [1.29, 1.82) is 0 Å². The van der Waals surface area contributed by atoms with E-state index >= 15 is 0 Å². The van der Waals surface area contributed by atoms with Crippen LogP contribution in [0.5, 0.6) is 5.75 Å². The molecule has 3 heterocycles. The fourth-order valence-electron chi connectivity index (χ4n) is 4.42. The number of esters is 1. The molecule has 0 radical (unpaired) electrons. The van der Waals surface area contributed by atoms with Crippen LogP contribution >= 0.6 is 39.0 Å². The number of H-pyrrole nitrogens is 1. The van der Waals surface area contributed by atoms with Gasteiger partial charge >= 0.3 is 10.8 Å². The number of aromatic nitrogens is 1. The third kappa shape index (κ3) is 4.32. The number of thioether (sulfide) groups is 1. The Labute approximate surface area is 216 Å². The van der Waals surface area contributed by atoms with Crippen molar-refractivity contribution in [1.82, 2.24) is 4.98 Å². The molecule has 35 heavy (non-hydrogen) atoms. The van der Waals surface area contributed by atoms with Crippen LogP contribution in [0.25, 0.3) is 0 Å². The number of nitrogens with zero attached hydrogens (tertiary/aromatic N) is 1. The van der Waals surface area contributed by atoms with Gasteiger partial charge in [0.1, 0.15) is 11.0 Å². The van der Waals surface area contributed by atoms with Crippen molar-refractivity contribution in [3.05, 3.63) is 73.1 Å². The summed E-state index contributed by atoms with van der Waals surface area (Å²) in [5, 5.41) is -0.152. The van der Waals surface area contributed by atoms with E-state index in [1.54, 1.807) is 49.4 Å². The lowest BCUT2D eigenvalue weighted by atomic mass is 9.82. The zero-order chi connectivity index (χ0) is 24.7. The minimum absolute atomic E-state index is 0.228. The number of hydrogen-bond donors (Lipinski definition) is 1. The van der Waals surface area contributed by atoms with Gasteiger partial charge in [0, 0.05) is 20.8 Å². The molecule has 0 saturated carbocycles. The van der Waals surface area contributed by atoms with E-state index in [0.29, 0.717) is 26.9 Å². The first-order valence-electron chi connectivity index (χ1n) is 10.8. The van der Waals surface area contributed by atoms with E-state index in [2.05, 4.69) is 20.9 Å². The fraction of sp³-hybridized carbons (Fsp3) is 0.250. The van der Waals surface area contributed by atoms with Gasteiger partial charge in [0.05, 0.1) is 23.2 Å². The Morgan fingerprint density at radius 1 is 1.11 bits per heavy atom. The van der Waals surface area contributed by atoms with E-state index in [0.717, 1.165) is 15.8 Å². The van der Waals surface area contributed by atoms with E-state index in [4.69, 9.17) is 9.47 Å². The van der Waals surface area contributed by atoms with Gasteiger partial charge in [0.2, 0.25) is 11.8 Å². The Balaban J connectivity index is 1.62. The second kappa shape index (κ2) is 9.63. The van der Waals surface area contributed by atoms with E-state index < -0.39 is 23.1 Å². The Morgan fingerprint density at radius 3 is 2.63 bits per heavy atom. The van der Waals surface area contributed by atoms with Gasteiger partial charge in [-0.3, -0.25) is 14.4 Å². The number of fused-ring (bicyclic) bond motifs is 2. The Kier molecular flexibility index (Phi) is 6.56. The lowest BCUT2D eigenvalue weighted by Crippen LogP contribution is -2.32. The minimum Gasteiger partial charge on any atom is -0.482 e. The Morgan fingerprint density at radius 2 is 1.89 bits per heavy atom. The van der Waals surface area contributed by atoms with Crippen LogP contribution in [0.2, 0.25) is 0 Å². The number of imide groups is 1. The van der Waals surface area contributed by atoms with Gasteiger partial charge < -0.3 is 14.5 Å². The predicted molar refractivity (Wildman–Crippen MR) is 135 cm³/mol. The van der Waals surface area contributed by atoms with Crippen molar-refractivity contribution in [3.8, 4) is 5.75 Å². The standard InChI is InChI=1S/C24H19BrN2O6S2/c1-2-32-16(28)11-33-15-9-8-12(25)10-14(15)17-18-20(34-21-19(17)35-24(31)26-21)23(30)27(22(18)29)13-6-4-3-5-7-13/h3-10,17-18,20H,2,11H2,1H3,(H,26,31). The van der Waals surface area contributed by atoms with Gasteiger partial charge in [-0.05, 0) is 37.3 Å². The number of rotatable bonds is 6. The molecule has 1 aromatic heterocycles. The number of benzene rings is 2. The summed E-state index contributed by atoms with van der Waals surface area (Å²) in [6, 6.07) is 14.1. The number of anilines is 1. The van der Waals surface area contributed by atoms with Crippen LogP contribution in [0, 0.1) is 5.92 Å². The highest BCUT2D eigenvalue weighted by atomic mass is 79.9. The minimum atomic E-state index is -0.758. The molecule has 1 fully saturated rings. The Bertz CT molecular complexity index is 1370. The van der Waals surface area contributed by atoms with Crippen molar-refractivity contribution in [2.45, 2.75) is 23.1 Å². The summed E-state index contributed by atoms with van der Waals surface area (Å²) in [4.78, 5) is 55.9. The van der Waals surface area contributed by atoms with Crippen molar-refractivity contribution in [2.24, 2.45) is 5.92 Å². The predicted octanol–water partition coefficient (Wildman–Crippen LogP) is 3.94. The molecule has 1 saturated heterocycles. The van der Waals surface area contributed by atoms with Crippen molar-refractivity contribution in [2.75, 3.05) is 18.1 Å².